The van der Waals surface area contributed by atoms with Crippen LogP contribution in [-0.2, 0) is 17.9 Å². The van der Waals surface area contributed by atoms with Gasteiger partial charge in [-0.3, -0.25) is 4.79 Å². The van der Waals surface area contributed by atoms with Gasteiger partial charge in [0, 0.05) is 29.6 Å². The van der Waals surface area contributed by atoms with Crippen LogP contribution in [0.25, 0.3) is 28.0 Å². The standard InChI is InChI=1S/C25H24N6O2/c1-16-21(18(3)31(29-16)19-8-5-4-6-9-19)14-27-23(32)15-30-25-24(17(2)28-30)20(11-12-26-25)22-10-7-13-33-22/h4-13H,14-15H2,1-3H3,(H,27,32). The van der Waals surface area contributed by atoms with Gasteiger partial charge >= 0.3 is 0 Å². The van der Waals surface area contributed by atoms with Crippen LogP contribution in [0.2, 0.25) is 0 Å². The minimum absolute atomic E-state index is 0.0733. The Morgan fingerprint density at radius 2 is 1.82 bits per heavy atom. The first-order chi connectivity index (χ1) is 16.0. The van der Waals surface area contributed by atoms with Gasteiger partial charge in [-0.2, -0.15) is 10.2 Å². The Morgan fingerprint density at radius 1 is 1.00 bits per heavy atom. The maximum Gasteiger partial charge on any atom is 0.242 e. The van der Waals surface area contributed by atoms with Gasteiger partial charge in [-0.15, -0.1) is 0 Å². The number of hydrogen-bond donors (Lipinski definition) is 1. The summed E-state index contributed by atoms with van der Waals surface area (Å²) in [5, 5.41) is 13.1. The summed E-state index contributed by atoms with van der Waals surface area (Å²) in [5.74, 6) is 0.603. The zero-order valence-corrected chi connectivity index (χ0v) is 18.7. The largest absolute Gasteiger partial charge is 0.464 e. The maximum atomic E-state index is 12.8. The van der Waals surface area contributed by atoms with E-state index in [2.05, 4.69) is 20.5 Å². The fourth-order valence-corrected chi connectivity index (χ4v) is 4.16. The number of nitrogens with one attached hydrogen (secondary N) is 1. The first-order valence-electron chi connectivity index (χ1n) is 10.8. The van der Waals surface area contributed by atoms with Gasteiger partial charge in [0.05, 0.1) is 28.7 Å². The molecular weight excluding hydrogens is 416 g/mol. The Morgan fingerprint density at radius 3 is 2.58 bits per heavy atom. The summed E-state index contributed by atoms with van der Waals surface area (Å²) in [4.78, 5) is 17.3. The fourth-order valence-electron chi connectivity index (χ4n) is 4.16. The number of nitrogens with zero attached hydrogens (tertiary/aromatic N) is 5. The molecule has 0 radical (unpaired) electrons. The maximum absolute atomic E-state index is 12.8. The highest BCUT2D eigenvalue weighted by molar-refractivity contribution is 5.93. The van der Waals surface area contributed by atoms with E-state index in [1.165, 1.54) is 0 Å². The molecule has 0 aliphatic carbocycles. The van der Waals surface area contributed by atoms with Crippen molar-refractivity contribution in [3.8, 4) is 17.0 Å². The summed E-state index contributed by atoms with van der Waals surface area (Å²) in [6.45, 7) is 6.35. The van der Waals surface area contributed by atoms with Crippen molar-refractivity contribution in [2.45, 2.75) is 33.9 Å². The normalized spacial score (nSPS) is 11.2. The molecule has 4 heterocycles. The SMILES string of the molecule is Cc1nn(-c2ccccc2)c(C)c1CNC(=O)Cn1nc(C)c2c(-c3ccco3)ccnc21. The molecule has 0 saturated heterocycles. The quantitative estimate of drug-likeness (QED) is 0.429. The molecule has 166 valence electrons. The summed E-state index contributed by atoms with van der Waals surface area (Å²) in [6.07, 6.45) is 3.35. The number of fused-ring (bicyclic) bond motifs is 1. The zero-order valence-electron chi connectivity index (χ0n) is 18.7. The molecule has 0 atom stereocenters. The average Bonchev–Trinajstić information content (AvgIpc) is 3.53. The van der Waals surface area contributed by atoms with Crippen molar-refractivity contribution in [1.82, 2.24) is 29.9 Å². The monoisotopic (exact) mass is 440 g/mol. The minimum atomic E-state index is -0.143. The Labute approximate surface area is 190 Å². The van der Waals surface area contributed by atoms with Crippen LogP contribution < -0.4 is 5.32 Å². The topological polar surface area (TPSA) is 90.8 Å². The van der Waals surface area contributed by atoms with Crippen molar-refractivity contribution in [1.29, 1.82) is 0 Å². The second kappa shape index (κ2) is 8.38. The molecule has 1 aromatic carbocycles. The lowest BCUT2D eigenvalue weighted by Gasteiger charge is -2.08. The van der Waals surface area contributed by atoms with Gasteiger partial charge in [0.1, 0.15) is 12.3 Å². The first kappa shape index (κ1) is 20.7. The molecular formula is C25H24N6O2. The number of carbonyl (C=O) groups excluding carboxylic acids is 1. The summed E-state index contributed by atoms with van der Waals surface area (Å²) < 4.78 is 9.11. The van der Waals surface area contributed by atoms with Crippen LogP contribution in [0.1, 0.15) is 22.6 Å². The predicted molar refractivity (Wildman–Crippen MR) is 125 cm³/mol. The second-order valence-corrected chi connectivity index (χ2v) is 7.95. The third kappa shape index (κ3) is 3.80. The molecule has 0 unspecified atom stereocenters. The molecule has 8 nitrogen and oxygen atoms in total. The summed E-state index contributed by atoms with van der Waals surface area (Å²) in [6, 6.07) is 15.6. The van der Waals surface area contributed by atoms with E-state index in [0.29, 0.717) is 12.2 Å². The molecule has 1 amide bonds. The van der Waals surface area contributed by atoms with E-state index in [1.807, 2.05) is 74.0 Å². The lowest BCUT2D eigenvalue weighted by molar-refractivity contribution is -0.121. The number of rotatable bonds is 6. The van der Waals surface area contributed by atoms with E-state index in [9.17, 15) is 4.79 Å². The molecule has 0 fully saturated rings. The lowest BCUT2D eigenvalue weighted by Crippen LogP contribution is -2.28. The van der Waals surface area contributed by atoms with Crippen LogP contribution in [0.15, 0.2) is 65.4 Å². The van der Waals surface area contributed by atoms with Gasteiger partial charge in [-0.25, -0.2) is 14.3 Å². The van der Waals surface area contributed by atoms with Gasteiger partial charge in [-0.1, -0.05) is 18.2 Å². The second-order valence-electron chi connectivity index (χ2n) is 7.95. The molecule has 4 aromatic heterocycles. The number of benzene rings is 1. The van der Waals surface area contributed by atoms with E-state index >= 15 is 0 Å². The van der Waals surface area contributed by atoms with Crippen molar-refractivity contribution in [3.05, 3.63) is 83.6 Å². The van der Waals surface area contributed by atoms with Gasteiger partial charge in [0.25, 0.3) is 0 Å². The predicted octanol–water partition coefficient (Wildman–Crippen LogP) is 4.12. The number of amides is 1. The molecule has 33 heavy (non-hydrogen) atoms. The van der Waals surface area contributed by atoms with E-state index in [0.717, 1.165) is 45.0 Å². The van der Waals surface area contributed by atoms with Crippen LogP contribution in [0.4, 0.5) is 0 Å². The van der Waals surface area contributed by atoms with E-state index < -0.39 is 0 Å². The number of pyridine rings is 1. The van der Waals surface area contributed by atoms with Gasteiger partial charge < -0.3 is 9.73 Å². The number of aromatic nitrogens is 5. The summed E-state index contributed by atoms with van der Waals surface area (Å²) in [7, 11) is 0. The van der Waals surface area contributed by atoms with Crippen molar-refractivity contribution in [3.63, 3.8) is 0 Å². The summed E-state index contributed by atoms with van der Waals surface area (Å²) in [5.41, 5.74) is 6.26. The summed E-state index contributed by atoms with van der Waals surface area (Å²) >= 11 is 0. The third-order valence-corrected chi connectivity index (χ3v) is 5.79. The smallest absolute Gasteiger partial charge is 0.242 e. The van der Waals surface area contributed by atoms with Crippen LogP contribution in [0.5, 0.6) is 0 Å². The highest BCUT2D eigenvalue weighted by Crippen LogP contribution is 2.30. The number of carbonyl (C=O) groups is 1. The highest BCUT2D eigenvalue weighted by Gasteiger charge is 2.18. The van der Waals surface area contributed by atoms with Crippen molar-refractivity contribution >= 4 is 16.9 Å². The van der Waals surface area contributed by atoms with Crippen molar-refractivity contribution in [2.24, 2.45) is 0 Å². The minimum Gasteiger partial charge on any atom is -0.464 e. The Kier molecular flexibility index (Phi) is 5.26. The van der Waals surface area contributed by atoms with Crippen molar-refractivity contribution in [2.75, 3.05) is 0 Å². The number of furan rings is 1. The lowest BCUT2D eigenvalue weighted by atomic mass is 10.1. The first-order valence-corrected chi connectivity index (χ1v) is 10.8. The molecule has 8 heteroatoms. The van der Waals surface area contributed by atoms with Gasteiger partial charge in [0.2, 0.25) is 5.91 Å². The molecule has 0 aliphatic heterocycles. The van der Waals surface area contributed by atoms with Crippen LogP contribution in [0, 0.1) is 20.8 Å². The Hall–Kier alpha value is -4.20. The molecule has 0 spiro atoms. The van der Waals surface area contributed by atoms with E-state index in [4.69, 9.17) is 4.42 Å². The van der Waals surface area contributed by atoms with Crippen LogP contribution in [0.3, 0.4) is 0 Å². The molecule has 0 aliphatic rings. The molecule has 5 aromatic rings. The van der Waals surface area contributed by atoms with E-state index in [-0.39, 0.29) is 12.5 Å². The van der Waals surface area contributed by atoms with Crippen molar-refractivity contribution < 1.29 is 9.21 Å². The van der Waals surface area contributed by atoms with E-state index in [1.54, 1.807) is 17.1 Å². The Bertz CT molecular complexity index is 1430. The van der Waals surface area contributed by atoms with Gasteiger partial charge in [-0.05, 0) is 51.1 Å². The average molecular weight is 441 g/mol. The molecule has 0 bridgehead atoms. The number of para-hydroxylation sites is 1. The Balaban J connectivity index is 1.35. The van der Waals surface area contributed by atoms with Gasteiger partial charge in [0.15, 0.2) is 5.65 Å². The molecule has 0 saturated carbocycles. The van der Waals surface area contributed by atoms with Crippen LogP contribution in [-0.4, -0.2) is 30.5 Å². The number of aryl methyl sites for hydroxylation is 2. The highest BCUT2D eigenvalue weighted by atomic mass is 16.3. The third-order valence-electron chi connectivity index (χ3n) is 5.79. The van der Waals surface area contributed by atoms with Crippen LogP contribution >= 0.6 is 0 Å². The molecule has 1 N–H and O–H groups in total. The zero-order chi connectivity index (χ0) is 22.9. The fraction of sp³-hybridized carbons (Fsp3) is 0.200. The number of hydrogen-bond acceptors (Lipinski definition) is 5. The molecule has 5 rings (SSSR count).